The zero-order chi connectivity index (χ0) is 17.3. The summed E-state index contributed by atoms with van der Waals surface area (Å²) in [6.45, 7) is 7.95. The molecule has 9 heteroatoms. The van der Waals surface area contributed by atoms with Gasteiger partial charge >= 0.3 is 6.09 Å². The van der Waals surface area contributed by atoms with Gasteiger partial charge in [-0.3, -0.25) is 0 Å². The largest absolute Gasteiger partial charge is 0.444 e. The van der Waals surface area contributed by atoms with Crippen molar-refractivity contribution in [2.24, 2.45) is 0 Å². The van der Waals surface area contributed by atoms with Crippen molar-refractivity contribution in [3.8, 4) is 0 Å². The average Bonchev–Trinajstić information content (AvgIpc) is 2.74. The second kappa shape index (κ2) is 6.74. The van der Waals surface area contributed by atoms with E-state index >= 15 is 0 Å². The van der Waals surface area contributed by atoms with Gasteiger partial charge in [0.25, 0.3) is 0 Å². The van der Waals surface area contributed by atoms with Crippen molar-refractivity contribution in [2.45, 2.75) is 45.8 Å². The van der Waals surface area contributed by atoms with Crippen molar-refractivity contribution in [1.82, 2.24) is 14.6 Å². The van der Waals surface area contributed by atoms with Gasteiger partial charge in [-0.15, -0.1) is 11.3 Å². The van der Waals surface area contributed by atoms with Crippen LogP contribution in [0, 0.1) is 6.92 Å². The van der Waals surface area contributed by atoms with Crippen LogP contribution in [0.1, 0.15) is 31.3 Å². The summed E-state index contributed by atoms with van der Waals surface area (Å²) in [5.74, 6) is 0.0268. The number of ether oxygens (including phenoxy) is 1. The molecule has 0 atom stereocenters. The summed E-state index contributed by atoms with van der Waals surface area (Å²) >= 11 is 1.47. The van der Waals surface area contributed by atoms with Crippen molar-refractivity contribution in [2.75, 3.05) is 18.8 Å². The van der Waals surface area contributed by atoms with Gasteiger partial charge in [-0.2, -0.15) is 0 Å². The molecule has 1 amide bonds. The van der Waals surface area contributed by atoms with Crippen molar-refractivity contribution in [1.29, 1.82) is 0 Å². The second-order valence-electron chi connectivity index (χ2n) is 6.63. The van der Waals surface area contributed by atoms with Crippen LogP contribution in [0.3, 0.4) is 0 Å². The summed E-state index contributed by atoms with van der Waals surface area (Å²) in [5, 5.41) is 0. The number of aromatic nitrogens is 1. The lowest BCUT2D eigenvalue weighted by atomic mass is 10.1. The molecule has 2 heterocycles. The van der Waals surface area contributed by atoms with Crippen LogP contribution >= 0.6 is 11.3 Å². The number of rotatable bonds is 5. The van der Waals surface area contributed by atoms with E-state index < -0.39 is 21.7 Å². The lowest BCUT2D eigenvalue weighted by Gasteiger charge is -2.39. The number of nitrogens with zero attached hydrogens (tertiary/aromatic N) is 2. The molecule has 1 aliphatic rings. The molecule has 1 saturated heterocycles. The molecule has 0 aliphatic carbocycles. The van der Waals surface area contributed by atoms with Crippen molar-refractivity contribution < 1.29 is 17.9 Å². The van der Waals surface area contributed by atoms with Crippen LogP contribution in [0.15, 0.2) is 5.51 Å². The van der Waals surface area contributed by atoms with E-state index in [1.54, 1.807) is 26.3 Å². The number of nitrogens with one attached hydrogen (secondary N) is 1. The first-order valence-corrected chi connectivity index (χ1v) is 9.96. The van der Waals surface area contributed by atoms with E-state index in [1.807, 2.05) is 6.92 Å². The highest BCUT2D eigenvalue weighted by Gasteiger charge is 2.35. The Kier molecular flexibility index (Phi) is 5.32. The van der Waals surface area contributed by atoms with Crippen LogP contribution in [0.2, 0.25) is 0 Å². The van der Waals surface area contributed by atoms with E-state index in [9.17, 15) is 13.2 Å². The van der Waals surface area contributed by atoms with Gasteiger partial charge in [0.2, 0.25) is 10.0 Å². The van der Waals surface area contributed by atoms with E-state index in [1.165, 1.54) is 16.2 Å². The Labute approximate surface area is 141 Å². The van der Waals surface area contributed by atoms with Gasteiger partial charge in [-0.05, 0) is 34.1 Å². The first-order chi connectivity index (χ1) is 10.6. The number of amides is 1. The van der Waals surface area contributed by atoms with E-state index in [0.29, 0.717) is 19.5 Å². The van der Waals surface area contributed by atoms with Crippen molar-refractivity contribution in [3.05, 3.63) is 16.1 Å². The lowest BCUT2D eigenvalue weighted by Crippen LogP contribution is -2.61. The summed E-state index contributed by atoms with van der Waals surface area (Å²) in [6, 6.07) is -0.241. The predicted octanol–water partition coefficient (Wildman–Crippen LogP) is 1.53. The normalized spacial score (nSPS) is 16.3. The fraction of sp³-hybridized carbons (Fsp3) is 0.714. The van der Waals surface area contributed by atoms with E-state index in [2.05, 4.69) is 9.71 Å². The topological polar surface area (TPSA) is 88.6 Å². The van der Waals surface area contributed by atoms with Gasteiger partial charge < -0.3 is 9.64 Å². The Balaban J connectivity index is 1.76. The highest BCUT2D eigenvalue weighted by Crippen LogP contribution is 2.17. The SMILES string of the molecule is Cc1ncsc1CCS(=O)(=O)NC1CN(C(=O)OC(C)(C)C)C1. The molecule has 1 N–H and O–H groups in total. The zero-order valence-corrected chi connectivity index (χ0v) is 15.5. The summed E-state index contributed by atoms with van der Waals surface area (Å²) in [6.07, 6.45) is 0.0437. The molecule has 0 saturated carbocycles. The number of likely N-dealkylation sites (tertiary alicyclic amines) is 1. The Hall–Kier alpha value is -1.19. The zero-order valence-electron chi connectivity index (χ0n) is 13.8. The molecule has 0 unspecified atom stereocenters. The number of aryl methyl sites for hydroxylation is 2. The summed E-state index contributed by atoms with van der Waals surface area (Å²) in [4.78, 5) is 18.4. The molecule has 7 nitrogen and oxygen atoms in total. The van der Waals surface area contributed by atoms with Crippen LogP contribution in [0.5, 0.6) is 0 Å². The molecule has 0 spiro atoms. The van der Waals surface area contributed by atoms with Crippen LogP contribution in [-0.4, -0.2) is 54.9 Å². The standard InChI is InChI=1S/C14H23N3O4S2/c1-10-12(22-9-15-10)5-6-23(19,20)16-11-7-17(8-11)13(18)21-14(2,3)4/h9,11,16H,5-8H2,1-4H3. The highest BCUT2D eigenvalue weighted by molar-refractivity contribution is 7.89. The second-order valence-corrected chi connectivity index (χ2v) is 9.44. The molecule has 23 heavy (non-hydrogen) atoms. The van der Waals surface area contributed by atoms with Crippen LogP contribution in [-0.2, 0) is 21.2 Å². The maximum Gasteiger partial charge on any atom is 0.410 e. The Bertz CT molecular complexity index is 658. The quantitative estimate of drug-likeness (QED) is 0.859. The summed E-state index contributed by atoms with van der Waals surface area (Å²) in [7, 11) is -3.37. The third-order valence-corrected chi connectivity index (χ3v) is 5.75. The minimum Gasteiger partial charge on any atom is -0.444 e. The average molecular weight is 361 g/mol. The number of sulfonamides is 1. The van der Waals surface area contributed by atoms with Gasteiger partial charge in [-0.1, -0.05) is 0 Å². The van der Waals surface area contributed by atoms with E-state index in [0.717, 1.165) is 10.6 Å². The minimum absolute atomic E-state index is 0.0268. The first kappa shape index (κ1) is 18.2. The van der Waals surface area contributed by atoms with E-state index in [4.69, 9.17) is 4.74 Å². The smallest absolute Gasteiger partial charge is 0.410 e. The molecule has 1 aromatic heterocycles. The number of hydrogen-bond donors (Lipinski definition) is 1. The van der Waals surface area contributed by atoms with Crippen LogP contribution in [0.4, 0.5) is 4.79 Å². The molecule has 130 valence electrons. The molecular formula is C14H23N3O4S2. The fourth-order valence-electron chi connectivity index (χ4n) is 2.13. The van der Waals surface area contributed by atoms with Gasteiger partial charge in [0.05, 0.1) is 23.0 Å². The van der Waals surface area contributed by atoms with Gasteiger partial charge in [0.1, 0.15) is 5.60 Å². The van der Waals surface area contributed by atoms with Crippen molar-refractivity contribution >= 4 is 27.5 Å². The minimum atomic E-state index is -3.37. The Morgan fingerprint density at radius 2 is 2.13 bits per heavy atom. The Morgan fingerprint density at radius 3 is 2.65 bits per heavy atom. The highest BCUT2D eigenvalue weighted by atomic mass is 32.2. The van der Waals surface area contributed by atoms with Gasteiger partial charge in [-0.25, -0.2) is 22.9 Å². The maximum atomic E-state index is 12.1. The van der Waals surface area contributed by atoms with Gasteiger partial charge in [0, 0.05) is 18.0 Å². The molecule has 2 rings (SSSR count). The monoisotopic (exact) mass is 361 g/mol. The number of thiazole rings is 1. The molecule has 0 aromatic carbocycles. The maximum absolute atomic E-state index is 12.1. The van der Waals surface area contributed by atoms with Crippen molar-refractivity contribution in [3.63, 3.8) is 0 Å². The molecule has 0 radical (unpaired) electrons. The molecule has 0 bridgehead atoms. The third-order valence-electron chi connectivity index (χ3n) is 3.32. The molecule has 1 fully saturated rings. The number of carbonyl (C=O) groups is 1. The van der Waals surface area contributed by atoms with Gasteiger partial charge in [0.15, 0.2) is 0 Å². The lowest BCUT2D eigenvalue weighted by molar-refractivity contribution is 0.00738. The van der Waals surface area contributed by atoms with Crippen LogP contribution < -0.4 is 4.72 Å². The first-order valence-electron chi connectivity index (χ1n) is 7.42. The summed E-state index contributed by atoms with van der Waals surface area (Å²) < 4.78 is 32.0. The third kappa shape index (κ3) is 5.43. The van der Waals surface area contributed by atoms with Crippen LogP contribution in [0.25, 0.3) is 0 Å². The summed E-state index contributed by atoms with van der Waals surface area (Å²) in [5.41, 5.74) is 2.05. The molecule has 1 aromatic rings. The number of hydrogen-bond acceptors (Lipinski definition) is 6. The predicted molar refractivity (Wildman–Crippen MR) is 89.1 cm³/mol. The molecular weight excluding hydrogens is 338 g/mol. The fourth-order valence-corrected chi connectivity index (χ4v) is 4.29. The van der Waals surface area contributed by atoms with E-state index in [-0.39, 0.29) is 11.8 Å². The molecule has 1 aliphatic heterocycles. The number of carbonyl (C=O) groups excluding carboxylic acids is 1. The Morgan fingerprint density at radius 1 is 1.48 bits per heavy atom.